The molecule has 0 radical (unpaired) electrons. The number of anilines is 1. The minimum absolute atomic E-state index is 0.754. The van der Waals surface area contributed by atoms with Gasteiger partial charge in [0, 0.05) is 37.3 Å². The number of hydrogen-bond donors (Lipinski definition) is 1. The van der Waals surface area contributed by atoms with E-state index in [0.717, 1.165) is 56.2 Å². The van der Waals surface area contributed by atoms with Gasteiger partial charge in [0.1, 0.15) is 0 Å². The van der Waals surface area contributed by atoms with Crippen LogP contribution in [-0.2, 0) is 0 Å². The Hall–Kier alpha value is -1.42. The fraction of sp³-hybridized carbons (Fsp3) is 0.647. The molecule has 1 atom stereocenters. The molecule has 1 unspecified atom stereocenters. The van der Waals surface area contributed by atoms with E-state index in [-0.39, 0.29) is 0 Å². The Morgan fingerprint density at radius 2 is 1.95 bits per heavy atom. The minimum Gasteiger partial charge on any atom is -0.490 e. The lowest BCUT2D eigenvalue weighted by molar-refractivity contribution is 0.297. The molecule has 4 nitrogen and oxygen atoms in total. The Balaban J connectivity index is 1.40. The lowest BCUT2D eigenvalue weighted by atomic mass is 10.1. The molecule has 4 heteroatoms. The number of rotatable bonds is 4. The lowest BCUT2D eigenvalue weighted by Gasteiger charge is -2.20. The SMILES string of the molecule is c1cc2c(cc1N1CCC(CNC3CC3)C1)OCCCO2. The molecule has 4 rings (SSSR count). The van der Waals surface area contributed by atoms with E-state index in [2.05, 4.69) is 28.4 Å². The molecule has 1 saturated heterocycles. The zero-order valence-electron chi connectivity index (χ0n) is 12.5. The fourth-order valence-corrected chi connectivity index (χ4v) is 3.20. The summed E-state index contributed by atoms with van der Waals surface area (Å²) in [5.74, 6) is 2.58. The van der Waals surface area contributed by atoms with Crippen molar-refractivity contribution in [3.8, 4) is 11.5 Å². The third kappa shape index (κ3) is 3.10. The average molecular weight is 288 g/mol. The van der Waals surface area contributed by atoms with Crippen molar-refractivity contribution in [2.24, 2.45) is 5.92 Å². The zero-order valence-corrected chi connectivity index (χ0v) is 12.5. The molecule has 2 fully saturated rings. The van der Waals surface area contributed by atoms with E-state index in [9.17, 15) is 0 Å². The van der Waals surface area contributed by atoms with Gasteiger partial charge in [0.05, 0.1) is 13.2 Å². The maximum atomic E-state index is 5.80. The molecule has 0 amide bonds. The van der Waals surface area contributed by atoms with E-state index in [1.807, 2.05) is 0 Å². The van der Waals surface area contributed by atoms with Crippen LogP contribution in [0.3, 0.4) is 0 Å². The van der Waals surface area contributed by atoms with Crippen molar-refractivity contribution in [3.63, 3.8) is 0 Å². The summed E-state index contributed by atoms with van der Waals surface area (Å²) in [4.78, 5) is 2.48. The molecule has 1 aromatic rings. The average Bonchev–Trinajstić information content (AvgIpc) is 3.27. The van der Waals surface area contributed by atoms with Crippen LogP contribution < -0.4 is 19.7 Å². The first-order chi connectivity index (χ1) is 10.4. The number of hydrogen-bond acceptors (Lipinski definition) is 4. The Labute approximate surface area is 126 Å². The van der Waals surface area contributed by atoms with Crippen molar-refractivity contribution in [2.75, 3.05) is 37.7 Å². The molecule has 1 saturated carbocycles. The number of nitrogens with zero attached hydrogens (tertiary/aromatic N) is 1. The van der Waals surface area contributed by atoms with Gasteiger partial charge in [0.15, 0.2) is 11.5 Å². The summed E-state index contributed by atoms with van der Waals surface area (Å²) >= 11 is 0. The molecule has 2 heterocycles. The number of fused-ring (bicyclic) bond motifs is 1. The lowest BCUT2D eigenvalue weighted by Crippen LogP contribution is -2.27. The largest absolute Gasteiger partial charge is 0.490 e. The zero-order chi connectivity index (χ0) is 14.1. The van der Waals surface area contributed by atoms with Gasteiger partial charge in [-0.3, -0.25) is 0 Å². The van der Waals surface area contributed by atoms with Crippen LogP contribution in [0.15, 0.2) is 18.2 Å². The summed E-state index contributed by atoms with van der Waals surface area (Å²) in [6, 6.07) is 7.20. The maximum Gasteiger partial charge on any atom is 0.163 e. The molecule has 2 aliphatic heterocycles. The van der Waals surface area contributed by atoms with Gasteiger partial charge >= 0.3 is 0 Å². The van der Waals surface area contributed by atoms with Crippen LogP contribution in [0, 0.1) is 5.92 Å². The molecule has 1 aliphatic carbocycles. The summed E-state index contributed by atoms with van der Waals surface area (Å²) in [5, 5.41) is 3.66. The Morgan fingerprint density at radius 3 is 2.81 bits per heavy atom. The van der Waals surface area contributed by atoms with Crippen molar-refractivity contribution in [1.82, 2.24) is 5.32 Å². The maximum absolute atomic E-state index is 5.80. The van der Waals surface area contributed by atoms with Crippen molar-refractivity contribution in [2.45, 2.75) is 31.7 Å². The summed E-state index contributed by atoms with van der Waals surface area (Å²) < 4.78 is 11.5. The molecule has 3 aliphatic rings. The summed E-state index contributed by atoms with van der Waals surface area (Å²) in [5.41, 5.74) is 1.27. The van der Waals surface area contributed by atoms with Crippen LogP contribution in [0.4, 0.5) is 5.69 Å². The Morgan fingerprint density at radius 1 is 1.10 bits per heavy atom. The molecule has 0 bridgehead atoms. The monoisotopic (exact) mass is 288 g/mol. The second kappa shape index (κ2) is 5.76. The third-order valence-corrected chi connectivity index (χ3v) is 4.65. The number of nitrogens with one attached hydrogen (secondary N) is 1. The van der Waals surface area contributed by atoms with E-state index in [4.69, 9.17) is 9.47 Å². The summed E-state index contributed by atoms with van der Waals surface area (Å²) in [7, 11) is 0. The molecule has 1 N–H and O–H groups in total. The number of benzene rings is 1. The van der Waals surface area contributed by atoms with Crippen LogP contribution in [0.25, 0.3) is 0 Å². The van der Waals surface area contributed by atoms with Gasteiger partial charge in [-0.2, -0.15) is 0 Å². The van der Waals surface area contributed by atoms with Gasteiger partial charge in [-0.1, -0.05) is 0 Å². The van der Waals surface area contributed by atoms with Crippen molar-refractivity contribution in [3.05, 3.63) is 18.2 Å². The van der Waals surface area contributed by atoms with Gasteiger partial charge in [-0.25, -0.2) is 0 Å². The van der Waals surface area contributed by atoms with Crippen LogP contribution in [0.1, 0.15) is 25.7 Å². The van der Waals surface area contributed by atoms with Crippen LogP contribution in [0.5, 0.6) is 11.5 Å². The van der Waals surface area contributed by atoms with Crippen LogP contribution in [0.2, 0.25) is 0 Å². The first-order valence-corrected chi connectivity index (χ1v) is 8.26. The van der Waals surface area contributed by atoms with Crippen LogP contribution in [-0.4, -0.2) is 38.9 Å². The highest BCUT2D eigenvalue weighted by molar-refractivity contribution is 5.57. The van der Waals surface area contributed by atoms with E-state index in [1.165, 1.54) is 31.5 Å². The predicted molar refractivity (Wildman–Crippen MR) is 83.4 cm³/mol. The summed E-state index contributed by atoms with van der Waals surface area (Å²) in [6.07, 6.45) is 4.99. The van der Waals surface area contributed by atoms with E-state index in [1.54, 1.807) is 0 Å². The van der Waals surface area contributed by atoms with Gasteiger partial charge < -0.3 is 19.7 Å². The Kier molecular flexibility index (Phi) is 3.63. The van der Waals surface area contributed by atoms with Crippen molar-refractivity contribution in [1.29, 1.82) is 0 Å². The van der Waals surface area contributed by atoms with E-state index < -0.39 is 0 Å². The van der Waals surface area contributed by atoms with Gasteiger partial charge in [0.2, 0.25) is 0 Å². The van der Waals surface area contributed by atoms with Crippen molar-refractivity contribution < 1.29 is 9.47 Å². The van der Waals surface area contributed by atoms with Crippen molar-refractivity contribution >= 4 is 5.69 Å². The third-order valence-electron chi connectivity index (χ3n) is 4.65. The Bertz CT molecular complexity index is 502. The first-order valence-electron chi connectivity index (χ1n) is 8.26. The fourth-order valence-electron chi connectivity index (χ4n) is 3.20. The molecule has 0 spiro atoms. The van der Waals surface area contributed by atoms with E-state index in [0.29, 0.717) is 0 Å². The summed E-state index contributed by atoms with van der Waals surface area (Å²) in [6.45, 7) is 4.98. The smallest absolute Gasteiger partial charge is 0.163 e. The number of ether oxygens (including phenoxy) is 2. The predicted octanol–water partition coefficient (Wildman–Crippen LogP) is 2.43. The van der Waals surface area contributed by atoms with Gasteiger partial charge in [-0.05, 0) is 43.9 Å². The van der Waals surface area contributed by atoms with Gasteiger partial charge in [0.25, 0.3) is 0 Å². The highest BCUT2D eigenvalue weighted by Gasteiger charge is 2.26. The highest BCUT2D eigenvalue weighted by Crippen LogP contribution is 2.35. The minimum atomic E-state index is 0.754. The second-order valence-electron chi connectivity index (χ2n) is 6.46. The topological polar surface area (TPSA) is 33.7 Å². The highest BCUT2D eigenvalue weighted by atomic mass is 16.5. The van der Waals surface area contributed by atoms with E-state index >= 15 is 0 Å². The van der Waals surface area contributed by atoms with Gasteiger partial charge in [-0.15, -0.1) is 0 Å². The normalized spacial score (nSPS) is 25.0. The molecule has 114 valence electrons. The molecule has 21 heavy (non-hydrogen) atoms. The molecular weight excluding hydrogens is 264 g/mol. The quantitative estimate of drug-likeness (QED) is 0.922. The van der Waals surface area contributed by atoms with Crippen LogP contribution >= 0.6 is 0 Å². The second-order valence-corrected chi connectivity index (χ2v) is 6.46. The molecular formula is C17H24N2O2. The molecule has 0 aromatic heterocycles. The standard InChI is InChI=1S/C17H24N2O2/c1-8-20-16-5-4-15(10-17(16)21-9-1)19-7-6-13(12-19)11-18-14-2-3-14/h4-5,10,13-14,18H,1-3,6-9,11-12H2. The first kappa shape index (κ1) is 13.3. The molecule has 1 aromatic carbocycles.